The Kier molecular flexibility index (Phi) is 6.30. The highest BCUT2D eigenvalue weighted by atomic mass is 16.5. The van der Waals surface area contributed by atoms with E-state index in [2.05, 4.69) is 25.2 Å². The lowest BCUT2D eigenvalue weighted by molar-refractivity contribution is 0.183. The Morgan fingerprint density at radius 3 is 2.65 bits per heavy atom. The Labute approximate surface area is 105 Å². The number of hydrogen-bond donors (Lipinski definition) is 1. The van der Waals surface area contributed by atoms with Crippen molar-refractivity contribution in [1.29, 1.82) is 0 Å². The number of nitrogens with one attached hydrogen (secondary N) is 1. The van der Waals surface area contributed by atoms with Crippen LogP contribution in [0.25, 0.3) is 0 Å². The average molecular weight is 239 g/mol. The number of rotatable bonds is 9. The molecule has 3 nitrogen and oxygen atoms in total. The third-order valence-corrected chi connectivity index (χ3v) is 3.61. The number of methoxy groups -OCH3 is 1. The third kappa shape index (κ3) is 4.52. The van der Waals surface area contributed by atoms with Crippen LogP contribution in [0.15, 0.2) is 22.8 Å². The van der Waals surface area contributed by atoms with Gasteiger partial charge < -0.3 is 14.5 Å². The van der Waals surface area contributed by atoms with Crippen LogP contribution in [0.4, 0.5) is 0 Å². The maximum atomic E-state index is 5.47. The van der Waals surface area contributed by atoms with E-state index >= 15 is 0 Å². The van der Waals surface area contributed by atoms with E-state index in [1.54, 1.807) is 13.4 Å². The molecule has 0 aliphatic carbocycles. The zero-order chi connectivity index (χ0) is 12.6. The van der Waals surface area contributed by atoms with Crippen molar-refractivity contribution in [3.8, 4) is 0 Å². The topological polar surface area (TPSA) is 34.4 Å². The fourth-order valence-electron chi connectivity index (χ4n) is 2.12. The van der Waals surface area contributed by atoms with Crippen LogP contribution in [0.1, 0.15) is 32.4 Å². The maximum absolute atomic E-state index is 5.47. The van der Waals surface area contributed by atoms with Crippen LogP contribution in [0, 0.1) is 5.41 Å². The second-order valence-electron chi connectivity index (χ2n) is 4.63. The maximum Gasteiger partial charge on any atom is 0.104 e. The first-order valence-electron chi connectivity index (χ1n) is 6.48. The van der Waals surface area contributed by atoms with E-state index in [0.29, 0.717) is 5.41 Å². The van der Waals surface area contributed by atoms with Crippen molar-refractivity contribution in [2.75, 3.05) is 26.8 Å². The second kappa shape index (κ2) is 7.51. The smallest absolute Gasteiger partial charge is 0.104 e. The molecule has 0 atom stereocenters. The Balaban J connectivity index is 2.49. The molecule has 0 aliphatic rings. The van der Waals surface area contributed by atoms with Crippen molar-refractivity contribution >= 4 is 0 Å². The first kappa shape index (κ1) is 14.3. The summed E-state index contributed by atoms with van der Waals surface area (Å²) in [7, 11) is 1.73. The minimum Gasteiger partial charge on any atom is -0.469 e. The minimum absolute atomic E-state index is 0.297. The highest BCUT2D eigenvalue weighted by molar-refractivity contribution is 5.02. The molecule has 0 unspecified atom stereocenters. The van der Waals surface area contributed by atoms with Gasteiger partial charge in [0.15, 0.2) is 0 Å². The van der Waals surface area contributed by atoms with Gasteiger partial charge in [-0.15, -0.1) is 0 Å². The molecule has 1 heterocycles. The van der Waals surface area contributed by atoms with Crippen LogP contribution in [-0.2, 0) is 11.2 Å². The summed E-state index contributed by atoms with van der Waals surface area (Å²) in [5.74, 6) is 1.09. The van der Waals surface area contributed by atoms with Gasteiger partial charge in [-0.25, -0.2) is 0 Å². The lowest BCUT2D eigenvalue weighted by atomic mass is 9.78. The first-order chi connectivity index (χ1) is 8.26. The standard InChI is InChI=1S/C14H25NO2/c1-4-14(5-2,12-15-8-10-16-3)11-13-7-6-9-17-13/h6-7,9,15H,4-5,8,10-12H2,1-3H3. The molecule has 0 amide bonds. The van der Waals surface area contributed by atoms with Gasteiger partial charge in [-0.3, -0.25) is 0 Å². The highest BCUT2D eigenvalue weighted by Crippen LogP contribution is 2.30. The molecule has 1 aromatic heterocycles. The third-order valence-electron chi connectivity index (χ3n) is 3.61. The summed E-state index contributed by atoms with van der Waals surface area (Å²) < 4.78 is 10.5. The van der Waals surface area contributed by atoms with E-state index in [1.807, 2.05) is 6.07 Å². The Hall–Kier alpha value is -0.800. The molecule has 1 rings (SSSR count). The Morgan fingerprint density at radius 1 is 1.35 bits per heavy atom. The zero-order valence-corrected chi connectivity index (χ0v) is 11.3. The summed E-state index contributed by atoms with van der Waals surface area (Å²) in [6.45, 7) is 7.21. The van der Waals surface area contributed by atoms with Crippen molar-refractivity contribution in [2.45, 2.75) is 33.1 Å². The quantitative estimate of drug-likeness (QED) is 0.673. The van der Waals surface area contributed by atoms with Crippen molar-refractivity contribution in [1.82, 2.24) is 5.32 Å². The summed E-state index contributed by atoms with van der Waals surface area (Å²) in [6, 6.07) is 4.03. The second-order valence-corrected chi connectivity index (χ2v) is 4.63. The molecule has 17 heavy (non-hydrogen) atoms. The van der Waals surface area contributed by atoms with Gasteiger partial charge in [0, 0.05) is 26.6 Å². The predicted molar refractivity (Wildman–Crippen MR) is 70.2 cm³/mol. The van der Waals surface area contributed by atoms with Gasteiger partial charge in [0.05, 0.1) is 12.9 Å². The molecule has 0 saturated carbocycles. The van der Waals surface area contributed by atoms with E-state index in [4.69, 9.17) is 9.15 Å². The van der Waals surface area contributed by atoms with Crippen LogP contribution in [0.3, 0.4) is 0 Å². The van der Waals surface area contributed by atoms with Crippen LogP contribution >= 0.6 is 0 Å². The largest absolute Gasteiger partial charge is 0.469 e. The number of ether oxygens (including phenoxy) is 1. The number of furan rings is 1. The van der Waals surface area contributed by atoms with E-state index in [1.165, 1.54) is 0 Å². The fourth-order valence-corrected chi connectivity index (χ4v) is 2.12. The van der Waals surface area contributed by atoms with E-state index in [-0.39, 0.29) is 0 Å². The van der Waals surface area contributed by atoms with Gasteiger partial charge in [-0.1, -0.05) is 13.8 Å². The van der Waals surface area contributed by atoms with Crippen LogP contribution in [-0.4, -0.2) is 26.8 Å². The van der Waals surface area contributed by atoms with Crippen LogP contribution < -0.4 is 5.32 Å². The highest BCUT2D eigenvalue weighted by Gasteiger charge is 2.27. The van der Waals surface area contributed by atoms with E-state index in [9.17, 15) is 0 Å². The summed E-state index contributed by atoms with van der Waals surface area (Å²) in [6.07, 6.45) is 5.07. The van der Waals surface area contributed by atoms with Gasteiger partial charge in [-0.05, 0) is 30.4 Å². The molecule has 1 aromatic rings. The summed E-state index contributed by atoms with van der Waals surface area (Å²) >= 11 is 0. The molecular formula is C14H25NO2. The molecule has 98 valence electrons. The molecule has 0 spiro atoms. The van der Waals surface area contributed by atoms with Crippen molar-refractivity contribution in [3.05, 3.63) is 24.2 Å². The van der Waals surface area contributed by atoms with Gasteiger partial charge >= 0.3 is 0 Å². The summed E-state index contributed by atoms with van der Waals surface area (Å²) in [4.78, 5) is 0. The van der Waals surface area contributed by atoms with Gasteiger partial charge in [0.1, 0.15) is 5.76 Å². The lowest BCUT2D eigenvalue weighted by Crippen LogP contribution is -2.36. The fraction of sp³-hybridized carbons (Fsp3) is 0.714. The van der Waals surface area contributed by atoms with Crippen molar-refractivity contribution in [2.24, 2.45) is 5.41 Å². The van der Waals surface area contributed by atoms with E-state index < -0.39 is 0 Å². The molecular weight excluding hydrogens is 214 g/mol. The van der Waals surface area contributed by atoms with Gasteiger partial charge in [-0.2, -0.15) is 0 Å². The van der Waals surface area contributed by atoms with Crippen LogP contribution in [0.2, 0.25) is 0 Å². The van der Waals surface area contributed by atoms with Gasteiger partial charge in [0.2, 0.25) is 0 Å². The SMILES string of the molecule is CCC(CC)(CNCCOC)Cc1ccco1. The van der Waals surface area contributed by atoms with Crippen molar-refractivity contribution < 1.29 is 9.15 Å². The minimum atomic E-state index is 0.297. The Morgan fingerprint density at radius 2 is 2.12 bits per heavy atom. The molecule has 0 aliphatic heterocycles. The number of hydrogen-bond acceptors (Lipinski definition) is 3. The molecule has 0 radical (unpaired) electrons. The summed E-state index contributed by atoms with van der Waals surface area (Å²) in [5, 5.41) is 3.47. The zero-order valence-electron chi connectivity index (χ0n) is 11.3. The van der Waals surface area contributed by atoms with Crippen LogP contribution in [0.5, 0.6) is 0 Å². The monoisotopic (exact) mass is 239 g/mol. The predicted octanol–water partition coefficient (Wildman–Crippen LogP) is 2.86. The average Bonchev–Trinajstić information content (AvgIpc) is 2.86. The molecule has 0 saturated heterocycles. The molecule has 3 heteroatoms. The Bertz CT molecular complexity index is 278. The van der Waals surface area contributed by atoms with E-state index in [0.717, 1.165) is 44.7 Å². The molecule has 0 aromatic carbocycles. The normalized spacial score (nSPS) is 11.9. The van der Waals surface area contributed by atoms with Crippen molar-refractivity contribution in [3.63, 3.8) is 0 Å². The molecule has 0 bridgehead atoms. The van der Waals surface area contributed by atoms with Gasteiger partial charge in [0.25, 0.3) is 0 Å². The lowest BCUT2D eigenvalue weighted by Gasteiger charge is -2.31. The summed E-state index contributed by atoms with van der Waals surface area (Å²) in [5.41, 5.74) is 0.297. The molecule has 0 fully saturated rings. The molecule has 1 N–H and O–H groups in total. The first-order valence-corrected chi connectivity index (χ1v) is 6.48.